The standard InChI is InChI=1S/C29H22N6O3/c1-3-38-28(36)22-18(2)31-26-24(23(22)19-10-6-4-7-11-19)27-33-32-25(20-14-16-30-17-15-20)35(27)29(37)34(26)21-12-8-5-9-13-21/h4-17H,3H2,1-2H3. The fourth-order valence-corrected chi connectivity index (χ4v) is 4.72. The molecule has 0 aliphatic heterocycles. The molecule has 0 fully saturated rings. The largest absolute Gasteiger partial charge is 0.462 e. The number of esters is 1. The SMILES string of the molecule is CCOC(=O)c1c(C)nc2c(c1-c1ccccc1)c1nnc(-c3ccncc3)n1c(=O)n2-c1ccccc1. The summed E-state index contributed by atoms with van der Waals surface area (Å²) in [4.78, 5) is 36.4. The van der Waals surface area contributed by atoms with Crippen molar-refractivity contribution in [2.75, 3.05) is 6.61 Å². The van der Waals surface area contributed by atoms with E-state index in [1.54, 1.807) is 38.4 Å². The van der Waals surface area contributed by atoms with Gasteiger partial charge < -0.3 is 4.74 Å². The lowest BCUT2D eigenvalue weighted by molar-refractivity contribution is 0.0526. The summed E-state index contributed by atoms with van der Waals surface area (Å²) in [6, 6.07) is 22.3. The van der Waals surface area contributed by atoms with Crippen LogP contribution in [0.3, 0.4) is 0 Å². The molecule has 0 amide bonds. The van der Waals surface area contributed by atoms with Crippen molar-refractivity contribution in [3.05, 3.63) is 107 Å². The minimum atomic E-state index is -0.497. The number of para-hydroxylation sites is 1. The summed E-state index contributed by atoms with van der Waals surface area (Å²) in [5, 5.41) is 9.39. The molecule has 4 heterocycles. The molecule has 0 N–H and O–H groups in total. The number of hydrogen-bond donors (Lipinski definition) is 0. The van der Waals surface area contributed by atoms with E-state index in [0.29, 0.717) is 50.6 Å². The molecule has 0 spiro atoms. The molecule has 0 atom stereocenters. The zero-order valence-corrected chi connectivity index (χ0v) is 20.7. The number of hydrogen-bond acceptors (Lipinski definition) is 7. The van der Waals surface area contributed by atoms with Crippen LogP contribution >= 0.6 is 0 Å². The third-order valence-electron chi connectivity index (χ3n) is 6.33. The monoisotopic (exact) mass is 502 g/mol. The lowest BCUT2D eigenvalue weighted by Gasteiger charge is -2.18. The number of aryl methyl sites for hydroxylation is 1. The van der Waals surface area contributed by atoms with Gasteiger partial charge in [0.2, 0.25) is 0 Å². The quantitative estimate of drug-likeness (QED) is 0.316. The Kier molecular flexibility index (Phi) is 5.72. The summed E-state index contributed by atoms with van der Waals surface area (Å²) in [5.41, 5.74) is 3.67. The number of carbonyl (C=O) groups is 1. The molecule has 6 aromatic rings. The van der Waals surface area contributed by atoms with Crippen molar-refractivity contribution in [1.29, 1.82) is 0 Å². The van der Waals surface area contributed by atoms with Crippen LogP contribution in [-0.2, 0) is 4.74 Å². The van der Waals surface area contributed by atoms with Gasteiger partial charge in [0, 0.05) is 23.5 Å². The molecule has 4 aromatic heterocycles. The smallest absolute Gasteiger partial charge is 0.342 e. The van der Waals surface area contributed by atoms with Crippen LogP contribution in [0.4, 0.5) is 0 Å². The van der Waals surface area contributed by atoms with Gasteiger partial charge in [-0.2, -0.15) is 0 Å². The summed E-state index contributed by atoms with van der Waals surface area (Å²) in [6.07, 6.45) is 3.26. The Hall–Kier alpha value is -5.18. The molecular formula is C29H22N6O3. The van der Waals surface area contributed by atoms with Crippen molar-refractivity contribution in [3.63, 3.8) is 0 Å². The highest BCUT2D eigenvalue weighted by Crippen LogP contribution is 2.36. The van der Waals surface area contributed by atoms with E-state index < -0.39 is 5.97 Å². The number of fused-ring (bicyclic) bond motifs is 3. The number of carbonyl (C=O) groups excluding carboxylic acids is 1. The van der Waals surface area contributed by atoms with Crippen LogP contribution in [0.15, 0.2) is 90.0 Å². The Bertz CT molecular complexity index is 1860. The molecule has 0 unspecified atom stereocenters. The Labute approximate surface area is 217 Å². The van der Waals surface area contributed by atoms with Gasteiger partial charge in [0.15, 0.2) is 17.1 Å². The zero-order valence-electron chi connectivity index (χ0n) is 20.7. The number of benzene rings is 2. The van der Waals surface area contributed by atoms with E-state index in [9.17, 15) is 9.59 Å². The van der Waals surface area contributed by atoms with E-state index >= 15 is 0 Å². The second-order valence-corrected chi connectivity index (χ2v) is 8.60. The van der Waals surface area contributed by atoms with Gasteiger partial charge in [0.05, 0.1) is 28.9 Å². The highest BCUT2D eigenvalue weighted by Gasteiger charge is 2.28. The molecule has 0 bridgehead atoms. The molecule has 0 radical (unpaired) electrons. The third kappa shape index (κ3) is 3.64. The maximum Gasteiger partial charge on any atom is 0.342 e. The summed E-state index contributed by atoms with van der Waals surface area (Å²) in [7, 11) is 0. The number of pyridine rings is 2. The average Bonchev–Trinajstić information content (AvgIpc) is 3.40. The molecule has 9 heteroatoms. The van der Waals surface area contributed by atoms with Crippen molar-refractivity contribution in [3.8, 4) is 28.2 Å². The maximum absolute atomic E-state index is 14.2. The van der Waals surface area contributed by atoms with Crippen LogP contribution in [0.5, 0.6) is 0 Å². The van der Waals surface area contributed by atoms with Crippen LogP contribution in [-0.4, -0.2) is 41.7 Å². The van der Waals surface area contributed by atoms with Crippen LogP contribution < -0.4 is 5.69 Å². The van der Waals surface area contributed by atoms with E-state index in [1.165, 1.54) is 8.97 Å². The topological polar surface area (TPSA) is 104 Å². The van der Waals surface area contributed by atoms with Gasteiger partial charge in [-0.3, -0.25) is 4.98 Å². The van der Waals surface area contributed by atoms with E-state index in [-0.39, 0.29) is 12.3 Å². The van der Waals surface area contributed by atoms with Crippen molar-refractivity contribution in [1.82, 2.24) is 29.1 Å². The van der Waals surface area contributed by atoms with E-state index in [0.717, 1.165) is 5.56 Å². The summed E-state index contributed by atoms with van der Waals surface area (Å²) >= 11 is 0. The molecule has 38 heavy (non-hydrogen) atoms. The predicted octanol–water partition coefficient (Wildman–Crippen LogP) is 4.64. The molecule has 9 nitrogen and oxygen atoms in total. The van der Waals surface area contributed by atoms with Crippen molar-refractivity contribution in [2.45, 2.75) is 13.8 Å². The molecule has 0 aliphatic rings. The zero-order chi connectivity index (χ0) is 26.2. The van der Waals surface area contributed by atoms with Gasteiger partial charge >= 0.3 is 11.7 Å². The van der Waals surface area contributed by atoms with E-state index in [4.69, 9.17) is 9.72 Å². The minimum Gasteiger partial charge on any atom is -0.462 e. The fraction of sp³-hybridized carbons (Fsp3) is 0.103. The molecule has 0 saturated carbocycles. The van der Waals surface area contributed by atoms with Crippen LogP contribution in [0.2, 0.25) is 0 Å². The average molecular weight is 503 g/mol. The number of nitrogens with zero attached hydrogens (tertiary/aromatic N) is 6. The number of aromatic nitrogens is 6. The molecule has 186 valence electrons. The van der Waals surface area contributed by atoms with Gasteiger partial charge in [-0.25, -0.2) is 23.5 Å². The first-order chi connectivity index (χ1) is 18.6. The molecule has 2 aromatic carbocycles. The second kappa shape index (κ2) is 9.36. The van der Waals surface area contributed by atoms with Crippen molar-refractivity contribution >= 4 is 22.6 Å². The van der Waals surface area contributed by atoms with Crippen molar-refractivity contribution in [2.24, 2.45) is 0 Å². The highest BCUT2D eigenvalue weighted by molar-refractivity contribution is 6.11. The van der Waals surface area contributed by atoms with Gasteiger partial charge in [0.1, 0.15) is 0 Å². The Morgan fingerprint density at radius 2 is 1.55 bits per heavy atom. The Balaban J connectivity index is 1.88. The summed E-state index contributed by atoms with van der Waals surface area (Å²) < 4.78 is 8.44. The van der Waals surface area contributed by atoms with Crippen molar-refractivity contribution < 1.29 is 9.53 Å². The third-order valence-corrected chi connectivity index (χ3v) is 6.33. The molecular weight excluding hydrogens is 480 g/mol. The van der Waals surface area contributed by atoms with E-state index in [2.05, 4.69) is 15.2 Å². The Morgan fingerprint density at radius 1 is 0.868 bits per heavy atom. The lowest BCUT2D eigenvalue weighted by atomic mass is 9.95. The van der Waals surface area contributed by atoms with E-state index in [1.807, 2.05) is 60.7 Å². The minimum absolute atomic E-state index is 0.209. The summed E-state index contributed by atoms with van der Waals surface area (Å²) in [6.45, 7) is 3.71. The van der Waals surface area contributed by atoms with Crippen LogP contribution in [0, 0.1) is 6.92 Å². The maximum atomic E-state index is 14.2. The van der Waals surface area contributed by atoms with Crippen LogP contribution in [0.25, 0.3) is 44.9 Å². The first-order valence-corrected chi connectivity index (χ1v) is 12.1. The van der Waals surface area contributed by atoms with Crippen LogP contribution in [0.1, 0.15) is 23.0 Å². The molecule has 6 rings (SSSR count). The fourth-order valence-electron chi connectivity index (χ4n) is 4.72. The highest BCUT2D eigenvalue weighted by atomic mass is 16.5. The number of rotatable bonds is 5. The van der Waals surface area contributed by atoms with Gasteiger partial charge in [-0.05, 0) is 43.7 Å². The Morgan fingerprint density at radius 3 is 2.24 bits per heavy atom. The normalized spacial score (nSPS) is 11.2. The van der Waals surface area contributed by atoms with Gasteiger partial charge in [0.25, 0.3) is 0 Å². The second-order valence-electron chi connectivity index (χ2n) is 8.60. The lowest BCUT2D eigenvalue weighted by Crippen LogP contribution is -2.28. The van der Waals surface area contributed by atoms with Gasteiger partial charge in [-0.1, -0.05) is 48.5 Å². The van der Waals surface area contributed by atoms with Gasteiger partial charge in [-0.15, -0.1) is 10.2 Å². The number of ether oxygens (including phenoxy) is 1. The predicted molar refractivity (Wildman–Crippen MR) is 143 cm³/mol. The first-order valence-electron chi connectivity index (χ1n) is 12.1. The molecule has 0 aliphatic carbocycles. The first kappa shape index (κ1) is 23.2. The summed E-state index contributed by atoms with van der Waals surface area (Å²) in [5.74, 6) is -0.140. The molecule has 0 saturated heterocycles.